The fourth-order valence-electron chi connectivity index (χ4n) is 2.11. The molecule has 20 heavy (non-hydrogen) atoms. The van der Waals surface area contributed by atoms with Gasteiger partial charge in [0.1, 0.15) is 0 Å². The van der Waals surface area contributed by atoms with Crippen molar-refractivity contribution in [1.29, 1.82) is 0 Å². The van der Waals surface area contributed by atoms with E-state index in [4.69, 9.17) is 4.74 Å². The van der Waals surface area contributed by atoms with Gasteiger partial charge in [-0.1, -0.05) is 0 Å². The van der Waals surface area contributed by atoms with Crippen LogP contribution in [0.15, 0.2) is 15.9 Å². The Labute approximate surface area is 130 Å². The number of ether oxygens (including phenoxy) is 1. The van der Waals surface area contributed by atoms with Crippen molar-refractivity contribution in [3.63, 3.8) is 0 Å². The quantitative estimate of drug-likeness (QED) is 0.901. The Morgan fingerprint density at radius 1 is 1.45 bits per heavy atom. The summed E-state index contributed by atoms with van der Waals surface area (Å²) in [5.41, 5.74) is 0. The number of rotatable bonds is 3. The Morgan fingerprint density at radius 3 is 2.70 bits per heavy atom. The fourth-order valence-corrected chi connectivity index (χ4v) is 3.40. The molecule has 1 fully saturated rings. The van der Waals surface area contributed by atoms with Crippen molar-refractivity contribution in [3.8, 4) is 0 Å². The van der Waals surface area contributed by atoms with Crippen molar-refractivity contribution in [1.82, 2.24) is 10.2 Å². The van der Waals surface area contributed by atoms with E-state index in [0.29, 0.717) is 24.6 Å². The number of nitrogens with one attached hydrogen (secondary N) is 1. The van der Waals surface area contributed by atoms with E-state index in [1.807, 2.05) is 6.07 Å². The Morgan fingerprint density at radius 2 is 2.15 bits per heavy atom. The fraction of sp³-hybridized carbons (Fsp3) is 0.538. The molecular weight excluding hydrogens is 344 g/mol. The number of amides is 2. The van der Waals surface area contributed by atoms with Crippen LogP contribution in [-0.2, 0) is 4.74 Å². The molecule has 1 aliphatic rings. The number of carbonyl (C=O) groups excluding carboxylic acids is 2. The number of hydrogen-bond acceptors (Lipinski definition) is 4. The summed E-state index contributed by atoms with van der Waals surface area (Å²) in [7, 11) is 0. The van der Waals surface area contributed by atoms with Gasteiger partial charge in [0.2, 0.25) is 0 Å². The SMILES string of the molecule is CCOC(=O)N1CCC(NC(=O)c2ccc(Br)s2)CC1. The highest BCUT2D eigenvalue weighted by Gasteiger charge is 2.25. The van der Waals surface area contributed by atoms with Gasteiger partial charge in [0.05, 0.1) is 15.3 Å². The average Bonchev–Trinajstić information content (AvgIpc) is 2.86. The lowest BCUT2D eigenvalue weighted by Crippen LogP contribution is -2.46. The van der Waals surface area contributed by atoms with Gasteiger partial charge < -0.3 is 15.0 Å². The normalized spacial score (nSPS) is 16.0. The molecule has 0 unspecified atom stereocenters. The molecule has 110 valence electrons. The van der Waals surface area contributed by atoms with Gasteiger partial charge in [-0.3, -0.25) is 4.79 Å². The number of halogens is 1. The van der Waals surface area contributed by atoms with Crippen LogP contribution < -0.4 is 5.32 Å². The van der Waals surface area contributed by atoms with E-state index in [2.05, 4.69) is 21.2 Å². The lowest BCUT2D eigenvalue weighted by Gasteiger charge is -2.31. The van der Waals surface area contributed by atoms with Crippen LogP contribution in [0.2, 0.25) is 0 Å². The van der Waals surface area contributed by atoms with Crippen molar-refractivity contribution in [2.45, 2.75) is 25.8 Å². The molecular formula is C13H17BrN2O3S. The molecule has 7 heteroatoms. The third kappa shape index (κ3) is 3.96. The van der Waals surface area contributed by atoms with Gasteiger partial charge in [-0.05, 0) is 47.8 Å². The first-order chi connectivity index (χ1) is 9.60. The van der Waals surface area contributed by atoms with Crippen LogP contribution in [0, 0.1) is 0 Å². The highest BCUT2D eigenvalue weighted by atomic mass is 79.9. The van der Waals surface area contributed by atoms with Gasteiger partial charge in [-0.15, -0.1) is 11.3 Å². The molecule has 0 bridgehead atoms. The first kappa shape index (κ1) is 15.3. The first-order valence-electron chi connectivity index (χ1n) is 6.58. The Hall–Kier alpha value is -1.08. The zero-order chi connectivity index (χ0) is 14.5. The van der Waals surface area contributed by atoms with Crippen molar-refractivity contribution in [2.24, 2.45) is 0 Å². The van der Waals surface area contributed by atoms with E-state index < -0.39 is 0 Å². The highest BCUT2D eigenvalue weighted by molar-refractivity contribution is 9.11. The summed E-state index contributed by atoms with van der Waals surface area (Å²) in [5, 5.41) is 3.01. The van der Waals surface area contributed by atoms with E-state index in [0.717, 1.165) is 16.6 Å². The van der Waals surface area contributed by atoms with Crippen LogP contribution in [0.1, 0.15) is 29.4 Å². The summed E-state index contributed by atoms with van der Waals surface area (Å²) in [4.78, 5) is 26.0. The summed E-state index contributed by atoms with van der Waals surface area (Å²) in [6.45, 7) is 3.43. The van der Waals surface area contributed by atoms with Crippen LogP contribution in [-0.4, -0.2) is 42.6 Å². The molecule has 0 spiro atoms. The van der Waals surface area contributed by atoms with Crippen LogP contribution in [0.25, 0.3) is 0 Å². The maximum absolute atomic E-state index is 12.0. The second kappa shape index (κ2) is 7.08. The van der Waals surface area contributed by atoms with Crippen molar-refractivity contribution in [2.75, 3.05) is 19.7 Å². The molecule has 1 aromatic rings. The largest absolute Gasteiger partial charge is 0.450 e. The maximum atomic E-state index is 12.0. The summed E-state index contributed by atoms with van der Waals surface area (Å²) < 4.78 is 5.91. The third-order valence-electron chi connectivity index (χ3n) is 3.15. The predicted molar refractivity (Wildman–Crippen MR) is 81.1 cm³/mol. The molecule has 0 aromatic carbocycles. The van der Waals surface area contributed by atoms with E-state index >= 15 is 0 Å². The minimum Gasteiger partial charge on any atom is -0.450 e. The molecule has 2 rings (SSSR count). The standard InChI is InChI=1S/C13H17BrN2O3S/c1-2-19-13(18)16-7-5-9(6-8-16)15-12(17)10-3-4-11(14)20-10/h3-4,9H,2,5-8H2,1H3,(H,15,17). The van der Waals surface area contributed by atoms with Crippen LogP contribution in [0.5, 0.6) is 0 Å². The molecule has 1 aromatic heterocycles. The smallest absolute Gasteiger partial charge is 0.409 e. The van der Waals surface area contributed by atoms with Crippen LogP contribution in [0.4, 0.5) is 4.79 Å². The van der Waals surface area contributed by atoms with Crippen molar-refractivity contribution in [3.05, 3.63) is 20.8 Å². The molecule has 0 radical (unpaired) electrons. The van der Waals surface area contributed by atoms with Crippen molar-refractivity contribution >= 4 is 39.3 Å². The van der Waals surface area contributed by atoms with Gasteiger partial charge >= 0.3 is 6.09 Å². The zero-order valence-corrected chi connectivity index (χ0v) is 13.6. The van der Waals surface area contributed by atoms with Crippen LogP contribution >= 0.6 is 27.3 Å². The number of thiophene rings is 1. The number of hydrogen-bond donors (Lipinski definition) is 1. The lowest BCUT2D eigenvalue weighted by atomic mass is 10.1. The molecule has 1 saturated heterocycles. The lowest BCUT2D eigenvalue weighted by molar-refractivity contribution is 0.0863. The van der Waals surface area contributed by atoms with Gasteiger partial charge in [-0.2, -0.15) is 0 Å². The first-order valence-corrected chi connectivity index (χ1v) is 8.19. The summed E-state index contributed by atoms with van der Waals surface area (Å²) in [6.07, 6.45) is 1.26. The maximum Gasteiger partial charge on any atom is 0.409 e. The molecule has 0 atom stereocenters. The zero-order valence-electron chi connectivity index (χ0n) is 11.2. The summed E-state index contributed by atoms with van der Waals surface area (Å²) in [6, 6.07) is 3.79. The molecule has 0 saturated carbocycles. The topological polar surface area (TPSA) is 58.6 Å². The number of carbonyl (C=O) groups is 2. The second-order valence-electron chi connectivity index (χ2n) is 4.54. The average molecular weight is 361 g/mol. The number of piperidine rings is 1. The molecule has 0 aliphatic carbocycles. The Bertz CT molecular complexity index is 484. The third-order valence-corrected chi connectivity index (χ3v) is 4.78. The minimum atomic E-state index is -0.264. The molecule has 1 N–H and O–H groups in total. The van der Waals surface area contributed by atoms with Gasteiger partial charge in [0.25, 0.3) is 5.91 Å². The minimum absolute atomic E-state index is 0.0460. The van der Waals surface area contributed by atoms with Crippen LogP contribution in [0.3, 0.4) is 0 Å². The molecule has 1 aliphatic heterocycles. The molecule has 5 nitrogen and oxygen atoms in total. The van der Waals surface area contributed by atoms with Crippen molar-refractivity contribution < 1.29 is 14.3 Å². The second-order valence-corrected chi connectivity index (χ2v) is 7.00. The highest BCUT2D eigenvalue weighted by Crippen LogP contribution is 2.22. The monoisotopic (exact) mass is 360 g/mol. The number of nitrogens with zero attached hydrogens (tertiary/aromatic N) is 1. The Balaban J connectivity index is 1.80. The van der Waals surface area contributed by atoms with E-state index in [9.17, 15) is 9.59 Å². The van der Waals surface area contributed by atoms with E-state index in [1.54, 1.807) is 17.9 Å². The summed E-state index contributed by atoms with van der Waals surface area (Å²) in [5.74, 6) is -0.0460. The molecule has 2 amide bonds. The summed E-state index contributed by atoms with van der Waals surface area (Å²) >= 11 is 4.76. The van der Waals surface area contributed by atoms with E-state index in [1.165, 1.54) is 11.3 Å². The van der Waals surface area contributed by atoms with Gasteiger partial charge in [0, 0.05) is 19.1 Å². The number of likely N-dealkylation sites (tertiary alicyclic amines) is 1. The molecule has 2 heterocycles. The predicted octanol–water partition coefficient (Wildman–Crippen LogP) is 2.86. The van der Waals surface area contributed by atoms with E-state index in [-0.39, 0.29) is 18.0 Å². The van der Waals surface area contributed by atoms with Gasteiger partial charge in [-0.25, -0.2) is 4.79 Å². The van der Waals surface area contributed by atoms with Gasteiger partial charge in [0.15, 0.2) is 0 Å². The Kier molecular flexibility index (Phi) is 5.42.